The zero-order chi connectivity index (χ0) is 23.7. The molecule has 0 amide bonds. The smallest absolute Gasteiger partial charge is 0.341 e. The van der Waals surface area contributed by atoms with Crippen molar-refractivity contribution in [3.63, 3.8) is 0 Å². The van der Waals surface area contributed by atoms with E-state index in [9.17, 15) is 4.79 Å². The molecule has 1 aliphatic carbocycles. The second-order valence-electron chi connectivity index (χ2n) is 8.33. The van der Waals surface area contributed by atoms with Crippen LogP contribution in [-0.4, -0.2) is 23.4 Å². The molecule has 5 rings (SSSR count). The van der Waals surface area contributed by atoms with Crippen LogP contribution in [0.1, 0.15) is 51.7 Å². The molecule has 2 aromatic carbocycles. The molecule has 0 unspecified atom stereocenters. The number of hydrogen-bond donors (Lipinski definition) is 0. The monoisotopic (exact) mass is 510 g/mol. The molecule has 0 fully saturated rings. The average Bonchev–Trinajstić information content (AvgIpc) is 3.38. The molecule has 0 saturated heterocycles. The predicted octanol–water partition coefficient (Wildman–Crippen LogP) is 7.86. The van der Waals surface area contributed by atoms with Crippen molar-refractivity contribution in [2.45, 2.75) is 39.2 Å². The number of carbonyl (C=O) groups is 1. The SMILES string of the molecule is CCOC(=O)c1c(N=Cc2cn(Cc3ccc(Cl)cc3Cl)c3ccccc23)sc2c1CCCC2. The molecule has 0 atom stereocenters. The molecular weight excluding hydrogens is 487 g/mol. The Morgan fingerprint density at radius 1 is 1.18 bits per heavy atom. The van der Waals surface area contributed by atoms with Gasteiger partial charge in [0, 0.05) is 50.3 Å². The van der Waals surface area contributed by atoms with E-state index in [0.717, 1.165) is 58.3 Å². The summed E-state index contributed by atoms with van der Waals surface area (Å²) in [7, 11) is 0. The number of esters is 1. The first-order valence-corrected chi connectivity index (χ1v) is 13.0. The number of para-hydroxylation sites is 1. The van der Waals surface area contributed by atoms with Crippen LogP contribution in [0, 0.1) is 0 Å². The van der Waals surface area contributed by atoms with Gasteiger partial charge in [0.2, 0.25) is 0 Å². The molecule has 4 nitrogen and oxygen atoms in total. The number of nitrogens with zero attached hydrogens (tertiary/aromatic N) is 2. The molecule has 0 aliphatic heterocycles. The molecule has 1 aliphatic rings. The van der Waals surface area contributed by atoms with Gasteiger partial charge in [0.1, 0.15) is 5.00 Å². The molecule has 0 N–H and O–H groups in total. The van der Waals surface area contributed by atoms with Crippen molar-refractivity contribution in [1.29, 1.82) is 0 Å². The number of aromatic nitrogens is 1. The fourth-order valence-electron chi connectivity index (χ4n) is 4.53. The Hall–Kier alpha value is -2.60. The number of aliphatic imine (C=N–C) groups is 1. The Bertz CT molecular complexity index is 1400. The predicted molar refractivity (Wildman–Crippen MR) is 142 cm³/mol. The topological polar surface area (TPSA) is 43.6 Å². The first-order chi connectivity index (χ1) is 16.5. The Balaban J connectivity index is 1.53. The van der Waals surface area contributed by atoms with Crippen LogP contribution in [-0.2, 0) is 24.1 Å². The highest BCUT2D eigenvalue weighted by Crippen LogP contribution is 2.40. The van der Waals surface area contributed by atoms with Gasteiger partial charge in [0.15, 0.2) is 0 Å². The van der Waals surface area contributed by atoms with E-state index in [1.165, 1.54) is 4.88 Å². The van der Waals surface area contributed by atoms with Gasteiger partial charge in [-0.2, -0.15) is 0 Å². The first kappa shape index (κ1) is 23.2. The van der Waals surface area contributed by atoms with Gasteiger partial charge in [-0.25, -0.2) is 9.79 Å². The minimum atomic E-state index is -0.270. The normalized spacial score (nSPS) is 13.5. The molecule has 0 saturated carbocycles. The number of halogens is 2. The summed E-state index contributed by atoms with van der Waals surface area (Å²) in [6.07, 6.45) is 8.11. The number of thiophene rings is 1. The van der Waals surface area contributed by atoms with Crippen LogP contribution in [0.3, 0.4) is 0 Å². The lowest BCUT2D eigenvalue weighted by molar-refractivity contribution is 0.0526. The van der Waals surface area contributed by atoms with Crippen molar-refractivity contribution in [3.05, 3.63) is 85.8 Å². The molecule has 0 bridgehead atoms. The van der Waals surface area contributed by atoms with Crippen molar-refractivity contribution < 1.29 is 9.53 Å². The maximum absolute atomic E-state index is 12.8. The molecular formula is C27H24Cl2N2O2S. The highest BCUT2D eigenvalue weighted by atomic mass is 35.5. The summed E-state index contributed by atoms with van der Waals surface area (Å²) < 4.78 is 7.54. The number of rotatable bonds is 6. The van der Waals surface area contributed by atoms with E-state index in [0.29, 0.717) is 28.8 Å². The van der Waals surface area contributed by atoms with E-state index in [1.54, 1.807) is 17.4 Å². The minimum absolute atomic E-state index is 0.270. The molecule has 0 radical (unpaired) electrons. The summed E-state index contributed by atoms with van der Waals surface area (Å²) >= 11 is 14.1. The van der Waals surface area contributed by atoms with E-state index in [4.69, 9.17) is 32.9 Å². The summed E-state index contributed by atoms with van der Waals surface area (Å²) in [6, 6.07) is 13.8. The fourth-order valence-corrected chi connectivity index (χ4v) is 6.22. The third-order valence-corrected chi connectivity index (χ3v) is 7.92. The summed E-state index contributed by atoms with van der Waals surface area (Å²) in [4.78, 5) is 18.9. The van der Waals surface area contributed by atoms with E-state index in [1.807, 2.05) is 37.4 Å². The fraction of sp³-hybridized carbons (Fsp3) is 0.259. The van der Waals surface area contributed by atoms with Crippen LogP contribution in [0.25, 0.3) is 10.9 Å². The standard InChI is InChI=1S/C27H24Cl2N2O2S/c1-2-33-27(32)25-21-8-4-6-10-24(21)34-26(25)30-14-18-16-31(23-9-5-3-7-20(18)23)15-17-11-12-19(28)13-22(17)29/h3,5,7,9,11-14,16H,2,4,6,8,10,15H2,1H3. The lowest BCUT2D eigenvalue weighted by atomic mass is 9.95. The number of fused-ring (bicyclic) bond motifs is 2. The third-order valence-electron chi connectivity index (χ3n) is 6.13. The second kappa shape index (κ2) is 9.95. The van der Waals surface area contributed by atoms with Crippen LogP contribution in [0.5, 0.6) is 0 Å². The largest absolute Gasteiger partial charge is 0.462 e. The van der Waals surface area contributed by atoms with Gasteiger partial charge in [-0.1, -0.05) is 47.5 Å². The van der Waals surface area contributed by atoms with E-state index >= 15 is 0 Å². The van der Waals surface area contributed by atoms with Gasteiger partial charge < -0.3 is 9.30 Å². The quantitative estimate of drug-likeness (QED) is 0.195. The number of ether oxygens (including phenoxy) is 1. The van der Waals surface area contributed by atoms with Crippen molar-refractivity contribution >= 4 is 62.6 Å². The number of hydrogen-bond acceptors (Lipinski definition) is 4. The Morgan fingerprint density at radius 3 is 2.82 bits per heavy atom. The Kier molecular flexibility index (Phi) is 6.77. The lowest BCUT2D eigenvalue weighted by Crippen LogP contribution is -2.09. The Morgan fingerprint density at radius 2 is 2.00 bits per heavy atom. The zero-order valence-electron chi connectivity index (χ0n) is 18.8. The van der Waals surface area contributed by atoms with Gasteiger partial charge in [-0.15, -0.1) is 11.3 Å². The van der Waals surface area contributed by atoms with Gasteiger partial charge in [-0.3, -0.25) is 0 Å². The second-order valence-corrected chi connectivity index (χ2v) is 10.3. The number of aryl methyl sites for hydroxylation is 1. The van der Waals surface area contributed by atoms with Crippen molar-refractivity contribution in [2.75, 3.05) is 6.61 Å². The van der Waals surface area contributed by atoms with Crippen LogP contribution < -0.4 is 0 Å². The maximum Gasteiger partial charge on any atom is 0.341 e. The van der Waals surface area contributed by atoms with Gasteiger partial charge in [0.05, 0.1) is 12.2 Å². The van der Waals surface area contributed by atoms with Crippen LogP contribution in [0.15, 0.2) is 53.7 Å². The van der Waals surface area contributed by atoms with E-state index in [-0.39, 0.29) is 5.97 Å². The molecule has 2 aromatic heterocycles. The lowest BCUT2D eigenvalue weighted by Gasteiger charge is -2.11. The van der Waals surface area contributed by atoms with Crippen molar-refractivity contribution in [3.8, 4) is 0 Å². The average molecular weight is 511 g/mol. The molecule has 34 heavy (non-hydrogen) atoms. The summed E-state index contributed by atoms with van der Waals surface area (Å²) in [5.41, 5.74) is 4.84. The minimum Gasteiger partial charge on any atom is -0.462 e. The number of benzene rings is 2. The molecule has 4 aromatic rings. The van der Waals surface area contributed by atoms with Crippen LogP contribution in [0.2, 0.25) is 10.0 Å². The third kappa shape index (κ3) is 4.52. The number of carbonyl (C=O) groups excluding carboxylic acids is 1. The van der Waals surface area contributed by atoms with Gasteiger partial charge in [0.25, 0.3) is 0 Å². The molecule has 7 heteroatoms. The van der Waals surface area contributed by atoms with E-state index in [2.05, 4.69) is 22.9 Å². The summed E-state index contributed by atoms with van der Waals surface area (Å²) in [6.45, 7) is 2.81. The van der Waals surface area contributed by atoms with Crippen molar-refractivity contribution in [1.82, 2.24) is 4.57 Å². The highest BCUT2D eigenvalue weighted by Gasteiger charge is 2.26. The maximum atomic E-state index is 12.8. The van der Waals surface area contributed by atoms with E-state index < -0.39 is 0 Å². The highest BCUT2D eigenvalue weighted by molar-refractivity contribution is 7.16. The van der Waals surface area contributed by atoms with Gasteiger partial charge >= 0.3 is 5.97 Å². The molecule has 0 spiro atoms. The zero-order valence-corrected chi connectivity index (χ0v) is 21.1. The van der Waals surface area contributed by atoms with Crippen molar-refractivity contribution in [2.24, 2.45) is 4.99 Å². The molecule has 2 heterocycles. The summed E-state index contributed by atoms with van der Waals surface area (Å²) in [5.74, 6) is -0.270. The first-order valence-electron chi connectivity index (χ1n) is 11.4. The Labute approximate surface area is 212 Å². The van der Waals surface area contributed by atoms with Crippen LogP contribution >= 0.6 is 34.5 Å². The van der Waals surface area contributed by atoms with Gasteiger partial charge in [-0.05, 0) is 61.9 Å². The summed E-state index contributed by atoms with van der Waals surface area (Å²) in [5, 5.41) is 3.09. The van der Waals surface area contributed by atoms with Crippen LogP contribution in [0.4, 0.5) is 5.00 Å². The molecule has 174 valence electrons.